The van der Waals surface area contributed by atoms with Gasteiger partial charge in [-0.15, -0.1) is 0 Å². The molecule has 1 unspecified atom stereocenters. The number of rotatable bonds is 4. The largest absolute Gasteiger partial charge is 0.417 e. The molecule has 118 valence electrons. The zero-order valence-electron chi connectivity index (χ0n) is 10.9. The number of benzene rings is 1. The average molecular weight is 343 g/mol. The molecule has 1 aromatic carbocycles. The SMILES string of the molecule is O=S(=O)(NCC1CCCN1)c1ccc(Cl)c(C(F)(F)F)c1. The molecule has 0 amide bonds. The van der Waals surface area contributed by atoms with Crippen molar-refractivity contribution in [2.45, 2.75) is 30.0 Å². The highest BCUT2D eigenvalue weighted by Gasteiger charge is 2.34. The van der Waals surface area contributed by atoms with Crippen molar-refractivity contribution in [2.24, 2.45) is 0 Å². The van der Waals surface area contributed by atoms with Gasteiger partial charge < -0.3 is 5.32 Å². The molecule has 0 aliphatic carbocycles. The van der Waals surface area contributed by atoms with Crippen LogP contribution in [0.1, 0.15) is 18.4 Å². The molecular weight excluding hydrogens is 329 g/mol. The Morgan fingerprint density at radius 1 is 1.38 bits per heavy atom. The second-order valence-corrected chi connectivity index (χ2v) is 6.96. The number of hydrogen-bond acceptors (Lipinski definition) is 3. The molecule has 0 spiro atoms. The summed E-state index contributed by atoms with van der Waals surface area (Å²) in [6.07, 6.45) is -2.92. The van der Waals surface area contributed by atoms with E-state index in [0.29, 0.717) is 6.07 Å². The summed E-state index contributed by atoms with van der Waals surface area (Å²) in [5.74, 6) is 0. The van der Waals surface area contributed by atoms with E-state index in [-0.39, 0.29) is 12.6 Å². The van der Waals surface area contributed by atoms with Crippen molar-refractivity contribution in [1.82, 2.24) is 10.0 Å². The summed E-state index contributed by atoms with van der Waals surface area (Å²) in [5, 5.41) is 2.57. The quantitative estimate of drug-likeness (QED) is 0.883. The predicted molar refractivity (Wildman–Crippen MR) is 72.7 cm³/mol. The third kappa shape index (κ3) is 4.09. The third-order valence-electron chi connectivity index (χ3n) is 3.24. The molecule has 2 rings (SSSR count). The van der Waals surface area contributed by atoms with Crippen molar-refractivity contribution < 1.29 is 21.6 Å². The lowest BCUT2D eigenvalue weighted by molar-refractivity contribution is -0.137. The molecule has 1 aromatic rings. The van der Waals surface area contributed by atoms with Gasteiger partial charge in [0.15, 0.2) is 0 Å². The molecule has 21 heavy (non-hydrogen) atoms. The van der Waals surface area contributed by atoms with Crippen molar-refractivity contribution in [3.05, 3.63) is 28.8 Å². The molecule has 0 saturated carbocycles. The van der Waals surface area contributed by atoms with Crippen molar-refractivity contribution in [3.8, 4) is 0 Å². The first-order valence-electron chi connectivity index (χ1n) is 6.30. The van der Waals surface area contributed by atoms with E-state index < -0.39 is 31.7 Å². The molecule has 4 nitrogen and oxygen atoms in total. The summed E-state index contributed by atoms with van der Waals surface area (Å²) >= 11 is 5.47. The van der Waals surface area contributed by atoms with Gasteiger partial charge in [-0.2, -0.15) is 13.2 Å². The maximum Gasteiger partial charge on any atom is 0.417 e. The van der Waals surface area contributed by atoms with E-state index in [0.717, 1.165) is 31.5 Å². The van der Waals surface area contributed by atoms with Crippen LogP contribution in [0, 0.1) is 0 Å². The first kappa shape index (κ1) is 16.5. The number of sulfonamides is 1. The van der Waals surface area contributed by atoms with Crippen LogP contribution in [0.2, 0.25) is 5.02 Å². The van der Waals surface area contributed by atoms with E-state index in [9.17, 15) is 21.6 Å². The van der Waals surface area contributed by atoms with E-state index in [4.69, 9.17) is 11.6 Å². The van der Waals surface area contributed by atoms with Crippen LogP contribution >= 0.6 is 11.6 Å². The van der Waals surface area contributed by atoms with E-state index in [2.05, 4.69) is 10.0 Å². The minimum Gasteiger partial charge on any atom is -0.313 e. The second-order valence-electron chi connectivity index (χ2n) is 4.78. The zero-order valence-corrected chi connectivity index (χ0v) is 12.4. The average Bonchev–Trinajstić information content (AvgIpc) is 2.88. The number of nitrogens with one attached hydrogen (secondary N) is 2. The van der Waals surface area contributed by atoms with Crippen LogP contribution in [0.15, 0.2) is 23.1 Å². The van der Waals surface area contributed by atoms with Gasteiger partial charge in [-0.05, 0) is 37.6 Å². The molecule has 9 heteroatoms. The Bertz CT molecular complexity index is 613. The lowest BCUT2D eigenvalue weighted by atomic mass is 10.2. The van der Waals surface area contributed by atoms with E-state index >= 15 is 0 Å². The highest BCUT2D eigenvalue weighted by Crippen LogP contribution is 2.35. The Balaban J connectivity index is 2.19. The second kappa shape index (κ2) is 6.12. The van der Waals surface area contributed by atoms with Crippen LogP contribution < -0.4 is 10.0 Å². The number of halogens is 4. The standard InChI is InChI=1S/C12H14ClF3N2O2S/c13-11-4-3-9(6-10(11)12(14,15)16)21(19,20)18-7-8-2-1-5-17-8/h3-4,6,8,17-18H,1-2,5,7H2. The molecular formula is C12H14ClF3N2O2S. The summed E-state index contributed by atoms with van der Waals surface area (Å²) in [6.45, 7) is 0.956. The number of hydrogen-bond donors (Lipinski definition) is 2. The first-order valence-corrected chi connectivity index (χ1v) is 8.16. The van der Waals surface area contributed by atoms with Crippen LogP contribution in [-0.2, 0) is 16.2 Å². The molecule has 1 heterocycles. The summed E-state index contributed by atoms with van der Waals surface area (Å²) < 4.78 is 64.6. The minimum absolute atomic E-state index is 0.00848. The molecule has 1 aliphatic heterocycles. The van der Waals surface area contributed by atoms with Crippen LogP contribution in [-0.4, -0.2) is 27.5 Å². The van der Waals surface area contributed by atoms with Gasteiger partial charge in [0.25, 0.3) is 0 Å². The Morgan fingerprint density at radius 2 is 2.10 bits per heavy atom. The van der Waals surface area contributed by atoms with E-state index in [1.54, 1.807) is 0 Å². The zero-order chi connectivity index (χ0) is 15.7. The lowest BCUT2D eigenvalue weighted by Gasteiger charge is -2.14. The maximum absolute atomic E-state index is 12.7. The molecule has 0 aromatic heterocycles. The Labute approximate surface area is 125 Å². The van der Waals surface area contributed by atoms with Crippen LogP contribution in [0.25, 0.3) is 0 Å². The Kier molecular flexibility index (Phi) is 4.82. The van der Waals surface area contributed by atoms with Gasteiger partial charge in [0.05, 0.1) is 15.5 Å². The highest BCUT2D eigenvalue weighted by atomic mass is 35.5. The molecule has 2 N–H and O–H groups in total. The van der Waals surface area contributed by atoms with Crippen molar-refractivity contribution >= 4 is 21.6 Å². The summed E-state index contributed by atoms with van der Waals surface area (Å²) in [7, 11) is -4.00. The van der Waals surface area contributed by atoms with Gasteiger partial charge >= 0.3 is 6.18 Å². The van der Waals surface area contributed by atoms with Crippen molar-refractivity contribution in [2.75, 3.05) is 13.1 Å². The van der Waals surface area contributed by atoms with Crippen LogP contribution in [0.4, 0.5) is 13.2 Å². The van der Waals surface area contributed by atoms with E-state index in [1.807, 2.05) is 0 Å². The third-order valence-corrected chi connectivity index (χ3v) is 4.99. The van der Waals surface area contributed by atoms with Crippen LogP contribution in [0.5, 0.6) is 0 Å². The van der Waals surface area contributed by atoms with Crippen molar-refractivity contribution in [3.63, 3.8) is 0 Å². The summed E-state index contributed by atoms with van der Waals surface area (Å²) in [5.41, 5.74) is -1.16. The lowest BCUT2D eigenvalue weighted by Crippen LogP contribution is -2.37. The topological polar surface area (TPSA) is 58.2 Å². The molecule has 0 radical (unpaired) electrons. The molecule has 0 bridgehead atoms. The monoisotopic (exact) mass is 342 g/mol. The smallest absolute Gasteiger partial charge is 0.313 e. The predicted octanol–water partition coefficient (Wildman–Crippen LogP) is 2.39. The van der Waals surface area contributed by atoms with Crippen molar-refractivity contribution in [1.29, 1.82) is 0 Å². The number of alkyl halides is 3. The minimum atomic E-state index is -4.70. The molecule has 1 saturated heterocycles. The van der Waals surface area contributed by atoms with E-state index in [1.165, 1.54) is 0 Å². The fourth-order valence-electron chi connectivity index (χ4n) is 2.11. The van der Waals surface area contributed by atoms with Gasteiger partial charge in [0.1, 0.15) is 0 Å². The molecule has 1 atom stereocenters. The normalized spacial score (nSPS) is 19.9. The maximum atomic E-state index is 12.7. The summed E-state index contributed by atoms with van der Waals surface area (Å²) in [4.78, 5) is -0.447. The van der Waals surface area contributed by atoms with Gasteiger partial charge in [0.2, 0.25) is 10.0 Å². The van der Waals surface area contributed by atoms with Gasteiger partial charge in [-0.25, -0.2) is 13.1 Å². The molecule has 1 fully saturated rings. The van der Waals surface area contributed by atoms with Gasteiger partial charge in [-0.1, -0.05) is 11.6 Å². The highest BCUT2D eigenvalue weighted by molar-refractivity contribution is 7.89. The Morgan fingerprint density at radius 3 is 2.67 bits per heavy atom. The fraction of sp³-hybridized carbons (Fsp3) is 0.500. The van der Waals surface area contributed by atoms with Crippen LogP contribution in [0.3, 0.4) is 0 Å². The first-order chi connectivity index (χ1) is 9.70. The Hall–Kier alpha value is -0.830. The van der Waals surface area contributed by atoms with Gasteiger partial charge in [0, 0.05) is 12.6 Å². The fourth-order valence-corrected chi connectivity index (χ4v) is 3.45. The molecule has 1 aliphatic rings. The van der Waals surface area contributed by atoms with Gasteiger partial charge in [-0.3, -0.25) is 0 Å². The summed E-state index contributed by atoms with van der Waals surface area (Å²) in [6, 6.07) is 2.55.